The number of ether oxygens (including phenoxy) is 1. The molecule has 2 atom stereocenters. The lowest BCUT2D eigenvalue weighted by molar-refractivity contribution is -0.133. The minimum atomic E-state index is -0.536. The number of rotatable bonds is 6. The smallest absolute Gasteiger partial charge is 0.241 e. The Hall–Kier alpha value is -1.10. The lowest BCUT2D eigenvalue weighted by Gasteiger charge is -2.26. The highest BCUT2D eigenvalue weighted by Crippen LogP contribution is 2.34. The van der Waals surface area contributed by atoms with E-state index in [-0.39, 0.29) is 30.3 Å². The van der Waals surface area contributed by atoms with Crippen LogP contribution in [0.15, 0.2) is 30.3 Å². The average Bonchev–Trinajstić information content (AvgIpc) is 2.89. The second-order valence-electron chi connectivity index (χ2n) is 6.37. The minimum Gasteiger partial charge on any atom is -0.383 e. The molecule has 0 radical (unpaired) electrons. The number of nitrogens with zero attached hydrogens (tertiary/aromatic N) is 1. The molecule has 2 unspecified atom stereocenters. The van der Waals surface area contributed by atoms with Crippen LogP contribution >= 0.6 is 12.4 Å². The summed E-state index contributed by atoms with van der Waals surface area (Å²) < 4.78 is 4.97. The quantitative estimate of drug-likeness (QED) is 0.872. The number of benzene rings is 1. The lowest BCUT2D eigenvalue weighted by atomic mass is 9.83. The van der Waals surface area contributed by atoms with Crippen molar-refractivity contribution in [3.63, 3.8) is 0 Å². The molecule has 1 aromatic carbocycles. The molecule has 0 aromatic heterocycles. The fourth-order valence-corrected chi connectivity index (χ4v) is 2.99. The summed E-state index contributed by atoms with van der Waals surface area (Å²) in [6, 6.07) is 9.98. The summed E-state index contributed by atoms with van der Waals surface area (Å²) in [6.07, 6.45) is 3.20. The van der Waals surface area contributed by atoms with Gasteiger partial charge in [-0.05, 0) is 30.2 Å². The van der Waals surface area contributed by atoms with Crippen LogP contribution in [0.5, 0.6) is 0 Å². The van der Waals surface area contributed by atoms with E-state index in [9.17, 15) is 4.79 Å². The van der Waals surface area contributed by atoms with Gasteiger partial charge in [0.2, 0.25) is 5.91 Å². The van der Waals surface area contributed by atoms with Crippen LogP contribution in [0.2, 0.25) is 0 Å². The first kappa shape index (κ1) is 18.9. The van der Waals surface area contributed by atoms with Crippen molar-refractivity contribution >= 4 is 18.3 Å². The van der Waals surface area contributed by atoms with Crippen molar-refractivity contribution < 1.29 is 9.53 Å². The molecule has 2 N–H and O–H groups in total. The van der Waals surface area contributed by atoms with E-state index < -0.39 is 6.04 Å². The van der Waals surface area contributed by atoms with Crippen molar-refractivity contribution in [1.29, 1.82) is 0 Å². The van der Waals surface area contributed by atoms with E-state index in [2.05, 4.69) is 31.2 Å². The monoisotopic (exact) mass is 326 g/mol. The fourth-order valence-electron chi connectivity index (χ4n) is 2.99. The molecule has 1 aliphatic rings. The SMILES string of the molecule is COCC(N)C(=O)N1CCC(C)(CCc2ccccc2)C1.Cl. The maximum absolute atomic E-state index is 12.2. The molecule has 0 aliphatic carbocycles. The Morgan fingerprint density at radius 2 is 2.09 bits per heavy atom. The van der Waals surface area contributed by atoms with Crippen LogP contribution in [0.1, 0.15) is 25.3 Å². The minimum absolute atomic E-state index is 0. The van der Waals surface area contributed by atoms with E-state index >= 15 is 0 Å². The normalized spacial score (nSPS) is 22.2. The van der Waals surface area contributed by atoms with Gasteiger partial charge in [0.05, 0.1) is 6.61 Å². The van der Waals surface area contributed by atoms with Gasteiger partial charge in [0.25, 0.3) is 0 Å². The summed E-state index contributed by atoms with van der Waals surface area (Å²) in [5.74, 6) is 0.0142. The average molecular weight is 327 g/mol. The van der Waals surface area contributed by atoms with Crippen LogP contribution in [0, 0.1) is 5.41 Å². The Bertz CT molecular complexity index is 469. The fraction of sp³-hybridized carbons (Fsp3) is 0.588. The van der Waals surface area contributed by atoms with Crippen molar-refractivity contribution in [3.05, 3.63) is 35.9 Å². The van der Waals surface area contributed by atoms with Crippen LogP contribution < -0.4 is 5.73 Å². The van der Waals surface area contributed by atoms with Crippen LogP contribution in [0.25, 0.3) is 0 Å². The number of likely N-dealkylation sites (tertiary alicyclic amines) is 1. The first-order chi connectivity index (χ1) is 10.0. The number of halogens is 1. The Balaban J connectivity index is 0.00000242. The topological polar surface area (TPSA) is 55.6 Å². The van der Waals surface area contributed by atoms with Gasteiger partial charge in [-0.15, -0.1) is 12.4 Å². The first-order valence-electron chi connectivity index (χ1n) is 7.61. The molecule has 1 heterocycles. The van der Waals surface area contributed by atoms with Gasteiger partial charge < -0.3 is 15.4 Å². The third-order valence-corrected chi connectivity index (χ3v) is 4.39. The Labute approximate surface area is 139 Å². The molecule has 0 saturated carbocycles. The van der Waals surface area contributed by atoms with Crippen LogP contribution in [-0.4, -0.2) is 43.7 Å². The standard InChI is InChI=1S/C17H26N2O2.ClH/c1-17(9-8-14-6-4-3-5-7-14)10-11-19(13-17)16(20)15(18)12-21-2;/h3-7,15H,8-13,18H2,1-2H3;1H. The molecule has 1 aromatic rings. The molecular formula is C17H27ClN2O2. The first-order valence-corrected chi connectivity index (χ1v) is 7.61. The summed E-state index contributed by atoms with van der Waals surface area (Å²) in [7, 11) is 1.57. The molecule has 1 saturated heterocycles. The molecule has 2 rings (SSSR count). The molecule has 1 fully saturated rings. The number of hydrogen-bond acceptors (Lipinski definition) is 3. The van der Waals surface area contributed by atoms with Crippen LogP contribution in [-0.2, 0) is 16.0 Å². The Morgan fingerprint density at radius 3 is 2.73 bits per heavy atom. The van der Waals surface area contributed by atoms with Crippen LogP contribution in [0.4, 0.5) is 0 Å². The number of aryl methyl sites for hydroxylation is 1. The van der Waals surface area contributed by atoms with Gasteiger partial charge in [0.15, 0.2) is 0 Å². The zero-order valence-electron chi connectivity index (χ0n) is 13.5. The van der Waals surface area contributed by atoms with E-state index in [1.54, 1.807) is 7.11 Å². The van der Waals surface area contributed by atoms with Crippen molar-refractivity contribution in [2.24, 2.45) is 11.1 Å². The molecule has 1 aliphatic heterocycles. The summed E-state index contributed by atoms with van der Waals surface area (Å²) in [4.78, 5) is 14.1. The molecule has 124 valence electrons. The van der Waals surface area contributed by atoms with E-state index in [0.29, 0.717) is 0 Å². The number of nitrogens with two attached hydrogens (primary N) is 1. The maximum Gasteiger partial charge on any atom is 0.241 e. The number of amides is 1. The zero-order chi connectivity index (χ0) is 15.3. The molecule has 0 bridgehead atoms. The highest BCUT2D eigenvalue weighted by molar-refractivity contribution is 5.85. The number of carbonyl (C=O) groups excluding carboxylic acids is 1. The second kappa shape index (κ2) is 8.51. The van der Waals surface area contributed by atoms with E-state index in [0.717, 1.165) is 32.4 Å². The van der Waals surface area contributed by atoms with E-state index in [4.69, 9.17) is 10.5 Å². The predicted octanol–water partition coefficient (Wildman–Crippen LogP) is 2.25. The van der Waals surface area contributed by atoms with Gasteiger partial charge in [-0.1, -0.05) is 37.3 Å². The van der Waals surface area contributed by atoms with Crippen molar-refractivity contribution in [1.82, 2.24) is 4.90 Å². The molecular weight excluding hydrogens is 300 g/mol. The predicted molar refractivity (Wildman–Crippen MR) is 91.2 cm³/mol. The highest BCUT2D eigenvalue weighted by Gasteiger charge is 2.36. The third kappa shape index (κ3) is 4.97. The van der Waals surface area contributed by atoms with Gasteiger partial charge >= 0.3 is 0 Å². The lowest BCUT2D eigenvalue weighted by Crippen LogP contribution is -2.45. The van der Waals surface area contributed by atoms with Crippen molar-refractivity contribution in [2.45, 2.75) is 32.2 Å². The van der Waals surface area contributed by atoms with Crippen LogP contribution in [0.3, 0.4) is 0 Å². The Kier molecular flexibility index (Phi) is 7.33. The summed E-state index contributed by atoms with van der Waals surface area (Å²) in [5.41, 5.74) is 7.40. The number of carbonyl (C=O) groups is 1. The summed E-state index contributed by atoms with van der Waals surface area (Å²) in [5, 5.41) is 0. The molecule has 5 heteroatoms. The summed E-state index contributed by atoms with van der Waals surface area (Å²) in [6.45, 7) is 4.17. The van der Waals surface area contributed by atoms with Gasteiger partial charge in [-0.3, -0.25) is 4.79 Å². The molecule has 1 amide bonds. The van der Waals surface area contributed by atoms with Gasteiger partial charge in [0.1, 0.15) is 6.04 Å². The van der Waals surface area contributed by atoms with E-state index in [1.807, 2.05) is 11.0 Å². The second-order valence-corrected chi connectivity index (χ2v) is 6.37. The number of methoxy groups -OCH3 is 1. The molecule has 4 nitrogen and oxygen atoms in total. The zero-order valence-corrected chi connectivity index (χ0v) is 14.3. The number of hydrogen-bond donors (Lipinski definition) is 1. The van der Waals surface area contributed by atoms with Gasteiger partial charge in [-0.2, -0.15) is 0 Å². The Morgan fingerprint density at radius 1 is 1.41 bits per heavy atom. The summed E-state index contributed by atoms with van der Waals surface area (Å²) >= 11 is 0. The van der Waals surface area contributed by atoms with Crippen molar-refractivity contribution in [3.8, 4) is 0 Å². The van der Waals surface area contributed by atoms with E-state index in [1.165, 1.54) is 5.56 Å². The largest absolute Gasteiger partial charge is 0.383 e. The highest BCUT2D eigenvalue weighted by atomic mass is 35.5. The van der Waals surface area contributed by atoms with Crippen molar-refractivity contribution in [2.75, 3.05) is 26.8 Å². The van der Waals surface area contributed by atoms with Gasteiger partial charge in [0, 0.05) is 20.2 Å². The van der Waals surface area contributed by atoms with Gasteiger partial charge in [-0.25, -0.2) is 0 Å². The maximum atomic E-state index is 12.2. The third-order valence-electron chi connectivity index (χ3n) is 4.39. The molecule has 22 heavy (non-hydrogen) atoms. The molecule has 0 spiro atoms.